The summed E-state index contributed by atoms with van der Waals surface area (Å²) in [7, 11) is 0. The number of halogens is 1. The second-order valence-corrected chi connectivity index (χ2v) is 6.51. The van der Waals surface area contributed by atoms with Crippen molar-refractivity contribution in [3.05, 3.63) is 94.1 Å². The number of allylic oxidation sites excluding steroid dienone is 3. The van der Waals surface area contributed by atoms with Crippen molar-refractivity contribution >= 4 is 16.9 Å². The van der Waals surface area contributed by atoms with E-state index in [0.29, 0.717) is 28.1 Å². The van der Waals surface area contributed by atoms with Crippen molar-refractivity contribution in [3.8, 4) is 23.5 Å². The molecule has 29 heavy (non-hydrogen) atoms. The Bertz CT molecular complexity index is 1340. The number of aromatic nitrogens is 2. The lowest BCUT2D eigenvalue weighted by molar-refractivity contribution is 0.104. The molecular weight excluding hydrogens is 367 g/mol. The summed E-state index contributed by atoms with van der Waals surface area (Å²) in [6.07, 6.45) is 3.26. The van der Waals surface area contributed by atoms with Crippen LogP contribution in [-0.2, 0) is 0 Å². The maximum absolute atomic E-state index is 14.6. The van der Waals surface area contributed by atoms with Gasteiger partial charge in [-0.15, -0.1) is 0 Å². The molecule has 0 radical (unpaired) electrons. The average Bonchev–Trinajstić information content (AvgIpc) is 3.22. The van der Waals surface area contributed by atoms with Gasteiger partial charge in [-0.25, -0.2) is 4.39 Å². The summed E-state index contributed by atoms with van der Waals surface area (Å²) < 4.78 is 14.6. The molecule has 0 fully saturated rings. The molecular formula is C23H9FN4O. The third-order valence-electron chi connectivity index (χ3n) is 5.09. The summed E-state index contributed by atoms with van der Waals surface area (Å²) in [5, 5.41) is 19.1. The van der Waals surface area contributed by atoms with Crippen LogP contribution in [0.1, 0.15) is 27.0 Å². The predicted molar refractivity (Wildman–Crippen MR) is 102 cm³/mol. The van der Waals surface area contributed by atoms with E-state index in [-0.39, 0.29) is 27.8 Å². The maximum atomic E-state index is 14.6. The quantitative estimate of drug-likeness (QED) is 0.340. The summed E-state index contributed by atoms with van der Waals surface area (Å²) in [6, 6.07) is 15.0. The Labute approximate surface area is 164 Å². The lowest BCUT2D eigenvalue weighted by atomic mass is 9.91. The van der Waals surface area contributed by atoms with Gasteiger partial charge >= 0.3 is 0 Å². The van der Waals surface area contributed by atoms with Gasteiger partial charge in [0, 0.05) is 40.2 Å². The van der Waals surface area contributed by atoms with Crippen LogP contribution in [-0.4, -0.2) is 15.8 Å². The molecule has 0 bridgehead atoms. The SMILES string of the molecule is N#CC(C#N)=C1C(=C2c3cccnc3-c3ncccc32)C(=O)c2c(F)cccc21. The van der Waals surface area contributed by atoms with Crippen molar-refractivity contribution in [1.29, 1.82) is 10.5 Å². The zero-order valence-corrected chi connectivity index (χ0v) is 14.8. The van der Waals surface area contributed by atoms with Gasteiger partial charge in [0.15, 0.2) is 5.78 Å². The van der Waals surface area contributed by atoms with E-state index in [2.05, 4.69) is 9.97 Å². The average molecular weight is 376 g/mol. The molecule has 2 aromatic heterocycles. The Hall–Kier alpha value is -4.42. The van der Waals surface area contributed by atoms with E-state index in [9.17, 15) is 19.7 Å². The van der Waals surface area contributed by atoms with Gasteiger partial charge in [0.2, 0.25) is 0 Å². The minimum atomic E-state index is -0.688. The van der Waals surface area contributed by atoms with Crippen molar-refractivity contribution in [2.45, 2.75) is 0 Å². The molecule has 0 aliphatic heterocycles. The molecule has 3 aromatic rings. The molecule has 0 spiro atoms. The largest absolute Gasteiger partial charge is 0.288 e. The number of Topliss-reactive ketones (excluding diaryl/α,β-unsaturated/α-hetero) is 1. The van der Waals surface area contributed by atoms with Crippen LogP contribution in [0, 0.1) is 28.5 Å². The van der Waals surface area contributed by atoms with Crippen LogP contribution >= 0.6 is 0 Å². The lowest BCUT2D eigenvalue weighted by Gasteiger charge is -2.09. The molecule has 6 heteroatoms. The van der Waals surface area contributed by atoms with E-state index in [0.717, 1.165) is 0 Å². The van der Waals surface area contributed by atoms with Gasteiger partial charge in [0.1, 0.15) is 23.5 Å². The number of rotatable bonds is 0. The minimum absolute atomic E-state index is 0.129. The molecule has 0 amide bonds. The third kappa shape index (κ3) is 2.14. The summed E-state index contributed by atoms with van der Waals surface area (Å²) in [5.41, 5.74) is 3.18. The van der Waals surface area contributed by atoms with E-state index >= 15 is 0 Å². The molecule has 2 aliphatic rings. The van der Waals surface area contributed by atoms with Crippen LogP contribution < -0.4 is 0 Å². The van der Waals surface area contributed by atoms with Crippen LogP contribution in [0.5, 0.6) is 0 Å². The number of carbonyl (C=O) groups is 1. The lowest BCUT2D eigenvalue weighted by Crippen LogP contribution is -2.02. The van der Waals surface area contributed by atoms with Crippen molar-refractivity contribution in [3.63, 3.8) is 0 Å². The number of nitriles is 2. The summed E-state index contributed by atoms with van der Waals surface area (Å²) in [6.45, 7) is 0. The first-order valence-corrected chi connectivity index (χ1v) is 8.71. The van der Waals surface area contributed by atoms with E-state index in [1.165, 1.54) is 12.1 Å². The number of carbonyl (C=O) groups excluding carboxylic acids is 1. The number of nitrogens with zero attached hydrogens (tertiary/aromatic N) is 4. The van der Waals surface area contributed by atoms with E-state index in [4.69, 9.17) is 0 Å². The van der Waals surface area contributed by atoms with Gasteiger partial charge in [-0.1, -0.05) is 24.3 Å². The van der Waals surface area contributed by atoms with Crippen LogP contribution in [0.2, 0.25) is 0 Å². The first-order chi connectivity index (χ1) is 14.2. The first kappa shape index (κ1) is 16.7. The third-order valence-corrected chi connectivity index (χ3v) is 5.09. The Morgan fingerprint density at radius 3 is 2.00 bits per heavy atom. The van der Waals surface area contributed by atoms with Gasteiger partial charge < -0.3 is 0 Å². The Morgan fingerprint density at radius 1 is 0.828 bits per heavy atom. The fraction of sp³-hybridized carbons (Fsp3) is 0. The molecule has 0 atom stereocenters. The van der Waals surface area contributed by atoms with Crippen molar-refractivity contribution in [2.24, 2.45) is 0 Å². The molecule has 1 aromatic carbocycles. The van der Waals surface area contributed by atoms with Gasteiger partial charge in [0.05, 0.1) is 17.0 Å². The van der Waals surface area contributed by atoms with Crippen LogP contribution in [0.15, 0.2) is 66.0 Å². The van der Waals surface area contributed by atoms with Crippen molar-refractivity contribution in [1.82, 2.24) is 9.97 Å². The number of hydrogen-bond acceptors (Lipinski definition) is 5. The van der Waals surface area contributed by atoms with Crippen molar-refractivity contribution < 1.29 is 9.18 Å². The number of benzene rings is 1. The normalized spacial score (nSPS) is 13.5. The van der Waals surface area contributed by atoms with E-state index in [1.54, 1.807) is 42.7 Å². The molecule has 5 nitrogen and oxygen atoms in total. The summed E-state index contributed by atoms with van der Waals surface area (Å²) >= 11 is 0. The highest BCUT2D eigenvalue weighted by molar-refractivity contribution is 6.33. The second-order valence-electron chi connectivity index (χ2n) is 6.51. The van der Waals surface area contributed by atoms with Crippen LogP contribution in [0.25, 0.3) is 22.5 Å². The molecule has 5 rings (SSSR count). The fourth-order valence-corrected chi connectivity index (χ4v) is 3.98. The first-order valence-electron chi connectivity index (χ1n) is 8.71. The standard InChI is InChI=1S/C23H9FN4O/c24-16-7-1-4-13-17(12(10-25)11-26)20(23(29)19(13)16)18-14-5-2-8-27-21(14)22-15(18)6-3-9-28-22/h1-9H. The monoisotopic (exact) mass is 376 g/mol. The number of hydrogen-bond donors (Lipinski definition) is 0. The zero-order chi connectivity index (χ0) is 20.1. The maximum Gasteiger partial charge on any atom is 0.197 e. The summed E-state index contributed by atoms with van der Waals surface area (Å²) in [4.78, 5) is 22.2. The van der Waals surface area contributed by atoms with E-state index in [1.807, 2.05) is 12.1 Å². The predicted octanol–water partition coefficient (Wildman–Crippen LogP) is 4.10. The van der Waals surface area contributed by atoms with Gasteiger partial charge in [-0.2, -0.15) is 10.5 Å². The minimum Gasteiger partial charge on any atom is -0.288 e. The van der Waals surface area contributed by atoms with Gasteiger partial charge in [-0.05, 0) is 23.8 Å². The highest BCUT2D eigenvalue weighted by Crippen LogP contribution is 2.50. The van der Waals surface area contributed by atoms with Gasteiger partial charge in [0.25, 0.3) is 0 Å². The van der Waals surface area contributed by atoms with E-state index < -0.39 is 11.6 Å². The molecule has 134 valence electrons. The molecule has 0 saturated heterocycles. The Morgan fingerprint density at radius 2 is 1.41 bits per heavy atom. The highest BCUT2D eigenvalue weighted by Gasteiger charge is 2.40. The molecule has 2 aliphatic carbocycles. The number of pyridine rings is 2. The Kier molecular flexibility index (Phi) is 3.49. The highest BCUT2D eigenvalue weighted by atomic mass is 19.1. The van der Waals surface area contributed by atoms with Crippen molar-refractivity contribution in [2.75, 3.05) is 0 Å². The zero-order valence-electron chi connectivity index (χ0n) is 14.8. The Balaban J connectivity index is 1.99. The van der Waals surface area contributed by atoms with Gasteiger partial charge in [-0.3, -0.25) is 14.8 Å². The summed E-state index contributed by atoms with van der Waals surface area (Å²) in [5.74, 6) is -1.25. The van der Waals surface area contributed by atoms with Crippen LogP contribution in [0.3, 0.4) is 0 Å². The molecule has 0 saturated carbocycles. The fourth-order valence-electron chi connectivity index (χ4n) is 3.98. The smallest absolute Gasteiger partial charge is 0.197 e. The van der Waals surface area contributed by atoms with Crippen LogP contribution in [0.4, 0.5) is 4.39 Å². The second kappa shape index (κ2) is 6.05. The topological polar surface area (TPSA) is 90.4 Å². The number of fused-ring (bicyclic) bond motifs is 4. The molecule has 2 heterocycles. The molecule has 0 unspecified atom stereocenters. The number of ketones is 1. The molecule has 0 N–H and O–H groups in total.